The first-order valence-corrected chi connectivity index (χ1v) is 6.40. The molecule has 0 saturated carbocycles. The van der Waals surface area contributed by atoms with E-state index in [1.807, 2.05) is 6.07 Å². The number of carbonyl (C=O) groups is 1. The third kappa shape index (κ3) is 2.08. The largest absolute Gasteiger partial charge is 0.327 e. The van der Waals surface area contributed by atoms with E-state index in [2.05, 4.69) is 4.98 Å². The zero-order chi connectivity index (χ0) is 14.1. The second-order valence-corrected chi connectivity index (χ2v) is 4.80. The molecule has 3 nitrogen and oxygen atoms in total. The molecule has 0 aliphatic heterocycles. The maximum Gasteiger partial charge on any atom is 0.152 e. The molecule has 3 rings (SSSR count). The van der Waals surface area contributed by atoms with Gasteiger partial charge in [0.25, 0.3) is 0 Å². The number of nitrogens with zero attached hydrogens (tertiary/aromatic N) is 2. The second kappa shape index (κ2) is 5.06. The molecular weight excluding hydrogens is 279 g/mol. The molecule has 2 heterocycles. The average molecular weight is 289 g/mol. The van der Waals surface area contributed by atoms with Gasteiger partial charge in [-0.25, -0.2) is 9.37 Å². The van der Waals surface area contributed by atoms with Gasteiger partial charge < -0.3 is 4.57 Å². The summed E-state index contributed by atoms with van der Waals surface area (Å²) in [6, 6.07) is 8.27. The molecule has 2 aromatic heterocycles. The first-order chi connectivity index (χ1) is 9.70. The summed E-state index contributed by atoms with van der Waals surface area (Å²) < 4.78 is 15.2. The van der Waals surface area contributed by atoms with Crippen LogP contribution in [0.2, 0.25) is 5.02 Å². The highest BCUT2D eigenvalue weighted by molar-refractivity contribution is 6.31. The van der Waals surface area contributed by atoms with Crippen LogP contribution >= 0.6 is 11.6 Å². The molecule has 20 heavy (non-hydrogen) atoms. The Balaban J connectivity index is 2.11. The van der Waals surface area contributed by atoms with Crippen LogP contribution in [-0.2, 0) is 6.54 Å². The lowest BCUT2D eigenvalue weighted by Crippen LogP contribution is -2.00. The smallest absolute Gasteiger partial charge is 0.152 e. The monoisotopic (exact) mass is 288 g/mol. The van der Waals surface area contributed by atoms with Gasteiger partial charge in [0.15, 0.2) is 6.29 Å². The summed E-state index contributed by atoms with van der Waals surface area (Å²) in [4.78, 5) is 15.3. The van der Waals surface area contributed by atoms with Crippen LogP contribution in [0, 0.1) is 5.82 Å². The number of carbonyl (C=O) groups excluding carboxylic acids is 1. The molecule has 0 aliphatic rings. The Labute approximate surface area is 119 Å². The van der Waals surface area contributed by atoms with Crippen molar-refractivity contribution in [3.63, 3.8) is 0 Å². The van der Waals surface area contributed by atoms with Crippen LogP contribution in [-0.4, -0.2) is 15.8 Å². The first kappa shape index (κ1) is 12.8. The molecule has 100 valence electrons. The number of benzene rings is 1. The summed E-state index contributed by atoms with van der Waals surface area (Å²) in [6.45, 7) is 0.359. The Bertz CT molecular complexity index is 798. The van der Waals surface area contributed by atoms with Gasteiger partial charge >= 0.3 is 0 Å². The standard InChI is InChI=1S/C15H10ClFN2O/c16-14-10(3-1-5-13(14)17)7-19-8-11(9-20)12-4-2-6-18-15(12)19/h1-6,8-9H,7H2. The van der Waals surface area contributed by atoms with E-state index < -0.39 is 5.82 Å². The van der Waals surface area contributed by atoms with Crippen molar-refractivity contribution < 1.29 is 9.18 Å². The molecule has 1 aromatic carbocycles. The molecule has 0 bridgehead atoms. The quantitative estimate of drug-likeness (QED) is 0.689. The molecule has 5 heteroatoms. The van der Waals surface area contributed by atoms with Gasteiger partial charge in [-0.2, -0.15) is 0 Å². The Morgan fingerprint density at radius 2 is 2.15 bits per heavy atom. The fourth-order valence-corrected chi connectivity index (χ4v) is 2.40. The second-order valence-electron chi connectivity index (χ2n) is 4.42. The predicted octanol–water partition coefficient (Wildman–Crippen LogP) is 3.69. The third-order valence-electron chi connectivity index (χ3n) is 3.16. The molecule has 0 radical (unpaired) electrons. The minimum absolute atomic E-state index is 0.0953. The van der Waals surface area contributed by atoms with Gasteiger partial charge in [0.05, 0.1) is 11.6 Å². The van der Waals surface area contributed by atoms with Gasteiger partial charge in [-0.05, 0) is 23.8 Å². The SMILES string of the molecule is O=Cc1cn(Cc2cccc(F)c2Cl)c2ncccc12. The van der Waals surface area contributed by atoms with Gasteiger partial charge in [-0.1, -0.05) is 23.7 Å². The third-order valence-corrected chi connectivity index (χ3v) is 3.59. The molecule has 3 aromatic rings. The topological polar surface area (TPSA) is 34.9 Å². The van der Waals surface area contributed by atoms with E-state index in [0.717, 1.165) is 11.7 Å². The summed E-state index contributed by atoms with van der Waals surface area (Å²) >= 11 is 5.96. The van der Waals surface area contributed by atoms with Crippen LogP contribution in [0.1, 0.15) is 15.9 Å². The summed E-state index contributed by atoms with van der Waals surface area (Å²) in [6.07, 6.45) is 4.14. The van der Waals surface area contributed by atoms with Gasteiger partial charge in [0.2, 0.25) is 0 Å². The predicted molar refractivity (Wildman–Crippen MR) is 75.6 cm³/mol. The highest BCUT2D eigenvalue weighted by Crippen LogP contribution is 2.24. The molecule has 0 unspecified atom stereocenters. The van der Waals surface area contributed by atoms with E-state index >= 15 is 0 Å². The first-order valence-electron chi connectivity index (χ1n) is 6.02. The summed E-state index contributed by atoms with van der Waals surface area (Å²) in [7, 11) is 0. The summed E-state index contributed by atoms with van der Waals surface area (Å²) in [5, 5.41) is 0.868. The average Bonchev–Trinajstić information content (AvgIpc) is 2.82. The van der Waals surface area contributed by atoms with Crippen molar-refractivity contribution in [2.75, 3.05) is 0 Å². The highest BCUT2D eigenvalue weighted by atomic mass is 35.5. The van der Waals surface area contributed by atoms with Crippen molar-refractivity contribution in [1.82, 2.24) is 9.55 Å². The number of aldehydes is 1. The van der Waals surface area contributed by atoms with Crippen LogP contribution in [0.4, 0.5) is 4.39 Å². The maximum absolute atomic E-state index is 13.5. The maximum atomic E-state index is 13.5. The van der Waals surface area contributed by atoms with Crippen molar-refractivity contribution in [3.8, 4) is 0 Å². The highest BCUT2D eigenvalue weighted by Gasteiger charge is 2.11. The molecule has 0 atom stereocenters. The number of pyridine rings is 1. The molecule has 0 saturated heterocycles. The number of hydrogen-bond donors (Lipinski definition) is 0. The lowest BCUT2D eigenvalue weighted by molar-refractivity contribution is 0.112. The van der Waals surface area contributed by atoms with E-state index in [1.54, 1.807) is 35.2 Å². The van der Waals surface area contributed by atoms with Crippen LogP contribution in [0.5, 0.6) is 0 Å². The van der Waals surface area contributed by atoms with E-state index in [4.69, 9.17) is 11.6 Å². The number of halogens is 2. The van der Waals surface area contributed by atoms with Gasteiger partial charge in [0.1, 0.15) is 11.5 Å². The zero-order valence-electron chi connectivity index (χ0n) is 10.4. The van der Waals surface area contributed by atoms with Crippen molar-refractivity contribution in [2.24, 2.45) is 0 Å². The number of rotatable bonds is 3. The molecule has 0 aliphatic carbocycles. The Morgan fingerprint density at radius 1 is 1.30 bits per heavy atom. The number of fused-ring (bicyclic) bond motifs is 1. The summed E-state index contributed by atoms with van der Waals surface area (Å²) in [5.41, 5.74) is 1.88. The van der Waals surface area contributed by atoms with Gasteiger partial charge in [-0.3, -0.25) is 4.79 Å². The van der Waals surface area contributed by atoms with Crippen molar-refractivity contribution in [1.29, 1.82) is 0 Å². The van der Waals surface area contributed by atoms with Gasteiger partial charge in [-0.15, -0.1) is 0 Å². The van der Waals surface area contributed by atoms with Crippen molar-refractivity contribution >= 4 is 28.9 Å². The fraction of sp³-hybridized carbons (Fsp3) is 0.0667. The normalized spacial score (nSPS) is 10.9. The molecule has 0 N–H and O–H groups in total. The zero-order valence-corrected chi connectivity index (χ0v) is 11.1. The number of aromatic nitrogens is 2. The molecular formula is C15H10ClFN2O. The fourth-order valence-electron chi connectivity index (χ4n) is 2.22. The minimum Gasteiger partial charge on any atom is -0.327 e. The lowest BCUT2D eigenvalue weighted by Gasteiger charge is -2.07. The molecule has 0 fully saturated rings. The van der Waals surface area contributed by atoms with Crippen LogP contribution in [0.15, 0.2) is 42.7 Å². The molecule has 0 spiro atoms. The van der Waals surface area contributed by atoms with Crippen molar-refractivity contribution in [3.05, 3.63) is 64.7 Å². The van der Waals surface area contributed by atoms with Gasteiger partial charge in [0, 0.05) is 23.3 Å². The van der Waals surface area contributed by atoms with Crippen molar-refractivity contribution in [2.45, 2.75) is 6.54 Å². The summed E-state index contributed by atoms with van der Waals surface area (Å²) in [5.74, 6) is -0.454. The van der Waals surface area contributed by atoms with E-state index in [9.17, 15) is 9.18 Å². The lowest BCUT2D eigenvalue weighted by atomic mass is 10.2. The van der Waals surface area contributed by atoms with E-state index in [-0.39, 0.29) is 5.02 Å². The van der Waals surface area contributed by atoms with Crippen LogP contribution in [0.3, 0.4) is 0 Å². The van der Waals surface area contributed by atoms with E-state index in [0.29, 0.717) is 23.3 Å². The minimum atomic E-state index is -0.454. The Hall–Kier alpha value is -2.20. The van der Waals surface area contributed by atoms with E-state index in [1.165, 1.54) is 6.07 Å². The number of hydrogen-bond acceptors (Lipinski definition) is 2. The Morgan fingerprint density at radius 3 is 2.95 bits per heavy atom. The molecule has 0 amide bonds. The van der Waals surface area contributed by atoms with Crippen LogP contribution in [0.25, 0.3) is 11.0 Å². The van der Waals surface area contributed by atoms with Crippen LogP contribution < -0.4 is 0 Å². The Kier molecular flexibility index (Phi) is 3.24.